The van der Waals surface area contributed by atoms with Crippen molar-refractivity contribution in [1.29, 1.82) is 0 Å². The zero-order chi connectivity index (χ0) is 13.3. The van der Waals surface area contributed by atoms with E-state index in [1.165, 1.54) is 23.2 Å². The van der Waals surface area contributed by atoms with Crippen LogP contribution in [0.25, 0.3) is 0 Å². The van der Waals surface area contributed by atoms with Crippen molar-refractivity contribution in [2.75, 3.05) is 18.1 Å². The highest BCUT2D eigenvalue weighted by atomic mass is 16.3. The van der Waals surface area contributed by atoms with Crippen molar-refractivity contribution < 1.29 is 5.11 Å². The fraction of sp³-hybridized carbons (Fsp3) is 0.625. The monoisotopic (exact) mass is 247 g/mol. The highest BCUT2D eigenvalue weighted by Gasteiger charge is 2.41. The lowest BCUT2D eigenvalue weighted by atomic mass is 9.85. The molecule has 1 aliphatic heterocycles. The molecule has 0 saturated carbocycles. The Labute approximate surface area is 111 Å². The van der Waals surface area contributed by atoms with E-state index in [2.05, 4.69) is 50.8 Å². The minimum absolute atomic E-state index is 0.138. The lowest BCUT2D eigenvalue weighted by Gasteiger charge is -2.39. The molecule has 0 amide bonds. The number of rotatable bonds is 3. The van der Waals surface area contributed by atoms with Crippen molar-refractivity contribution in [3.8, 4) is 0 Å². The summed E-state index contributed by atoms with van der Waals surface area (Å²) in [5.41, 5.74) is 4.24. The third-order valence-corrected chi connectivity index (χ3v) is 4.58. The number of nitrogens with zero attached hydrogens (tertiary/aromatic N) is 1. The van der Waals surface area contributed by atoms with Gasteiger partial charge in [-0.25, -0.2) is 0 Å². The number of hydrogen-bond donors (Lipinski definition) is 1. The van der Waals surface area contributed by atoms with Crippen molar-refractivity contribution >= 4 is 5.69 Å². The van der Waals surface area contributed by atoms with Gasteiger partial charge in [-0.15, -0.1) is 0 Å². The van der Waals surface area contributed by atoms with Gasteiger partial charge in [0.15, 0.2) is 0 Å². The molecule has 0 aliphatic carbocycles. The van der Waals surface area contributed by atoms with E-state index in [0.29, 0.717) is 12.5 Å². The molecule has 1 unspecified atom stereocenters. The zero-order valence-corrected chi connectivity index (χ0v) is 12.0. The normalized spacial score (nSPS) is 22.5. The Morgan fingerprint density at radius 3 is 2.44 bits per heavy atom. The molecular formula is C16H25NO. The van der Waals surface area contributed by atoms with E-state index in [0.717, 1.165) is 13.0 Å². The molecule has 100 valence electrons. The summed E-state index contributed by atoms with van der Waals surface area (Å²) in [6, 6.07) is 6.51. The van der Waals surface area contributed by atoms with Crippen molar-refractivity contribution in [3.63, 3.8) is 0 Å². The molecule has 1 N–H and O–H groups in total. The summed E-state index contributed by atoms with van der Waals surface area (Å²) in [5.74, 6) is 0.585. The fourth-order valence-electron chi connectivity index (χ4n) is 3.43. The molecule has 1 aromatic carbocycles. The summed E-state index contributed by atoms with van der Waals surface area (Å²) in [5, 5.41) is 9.21. The van der Waals surface area contributed by atoms with Crippen molar-refractivity contribution in [3.05, 3.63) is 29.3 Å². The van der Waals surface area contributed by atoms with Gasteiger partial charge in [-0.3, -0.25) is 0 Å². The summed E-state index contributed by atoms with van der Waals surface area (Å²) in [4.78, 5) is 2.54. The molecule has 0 spiro atoms. The van der Waals surface area contributed by atoms with Gasteiger partial charge in [-0.2, -0.15) is 0 Å². The molecule has 1 atom stereocenters. The minimum Gasteiger partial charge on any atom is -0.396 e. The Morgan fingerprint density at radius 1 is 1.28 bits per heavy atom. The lowest BCUT2D eigenvalue weighted by Crippen LogP contribution is -2.43. The third kappa shape index (κ3) is 2.14. The lowest BCUT2D eigenvalue weighted by molar-refractivity contribution is 0.229. The average molecular weight is 247 g/mol. The molecule has 2 nitrogen and oxygen atoms in total. The molecule has 0 radical (unpaired) electrons. The molecule has 0 aromatic heterocycles. The average Bonchev–Trinajstić information content (AvgIpc) is 2.57. The molecule has 0 bridgehead atoms. The molecule has 1 heterocycles. The first-order valence-electron chi connectivity index (χ1n) is 6.93. The Kier molecular flexibility index (Phi) is 3.67. The molecule has 2 heteroatoms. The van der Waals surface area contributed by atoms with Crippen LogP contribution in [0.1, 0.15) is 37.8 Å². The molecule has 2 rings (SSSR count). The SMILES string of the molecule is Cc1cccc(C)c1N1CCC(CCO)C1(C)C. The van der Waals surface area contributed by atoms with Crippen molar-refractivity contribution in [2.45, 2.75) is 46.1 Å². The van der Waals surface area contributed by atoms with Gasteiger partial charge < -0.3 is 10.0 Å². The van der Waals surface area contributed by atoms with Crippen LogP contribution < -0.4 is 4.90 Å². The largest absolute Gasteiger partial charge is 0.396 e. The number of aryl methyl sites for hydroxylation is 2. The molecule has 1 aliphatic rings. The maximum Gasteiger partial charge on any atom is 0.0434 e. The van der Waals surface area contributed by atoms with Crippen LogP contribution in [0.15, 0.2) is 18.2 Å². The van der Waals surface area contributed by atoms with Crippen molar-refractivity contribution in [2.24, 2.45) is 5.92 Å². The number of benzene rings is 1. The third-order valence-electron chi connectivity index (χ3n) is 4.58. The van der Waals surface area contributed by atoms with E-state index < -0.39 is 0 Å². The van der Waals surface area contributed by atoms with Gasteiger partial charge >= 0.3 is 0 Å². The predicted molar refractivity (Wildman–Crippen MR) is 77.2 cm³/mol. The van der Waals surface area contributed by atoms with E-state index in [4.69, 9.17) is 0 Å². The van der Waals surface area contributed by atoms with Crippen LogP contribution in [-0.4, -0.2) is 23.8 Å². The van der Waals surface area contributed by atoms with Crippen LogP contribution in [0.5, 0.6) is 0 Å². The van der Waals surface area contributed by atoms with E-state index in [-0.39, 0.29) is 5.54 Å². The van der Waals surface area contributed by atoms with E-state index in [9.17, 15) is 5.11 Å². The first-order chi connectivity index (χ1) is 8.48. The molecule has 1 aromatic rings. The summed E-state index contributed by atoms with van der Waals surface area (Å²) in [6.45, 7) is 10.4. The Bertz CT molecular complexity index is 405. The maximum absolute atomic E-state index is 9.21. The quantitative estimate of drug-likeness (QED) is 0.886. The Hall–Kier alpha value is -1.02. The number of aliphatic hydroxyl groups excluding tert-OH is 1. The van der Waals surface area contributed by atoms with E-state index in [1.807, 2.05) is 0 Å². The topological polar surface area (TPSA) is 23.5 Å². The highest BCUT2D eigenvalue weighted by molar-refractivity contribution is 5.61. The van der Waals surface area contributed by atoms with Crippen LogP contribution in [0.4, 0.5) is 5.69 Å². The zero-order valence-electron chi connectivity index (χ0n) is 12.0. The van der Waals surface area contributed by atoms with Gasteiger partial charge in [0.25, 0.3) is 0 Å². The highest BCUT2D eigenvalue weighted by Crippen LogP contribution is 2.42. The van der Waals surface area contributed by atoms with E-state index in [1.54, 1.807) is 0 Å². The maximum atomic E-state index is 9.21. The summed E-state index contributed by atoms with van der Waals surface area (Å²) < 4.78 is 0. The second-order valence-corrected chi connectivity index (χ2v) is 6.04. The van der Waals surface area contributed by atoms with Crippen LogP contribution in [0.3, 0.4) is 0 Å². The van der Waals surface area contributed by atoms with Crippen LogP contribution in [0, 0.1) is 19.8 Å². The molecule has 1 fully saturated rings. The Balaban J connectivity index is 2.35. The predicted octanol–water partition coefficient (Wildman–Crippen LogP) is 3.29. The van der Waals surface area contributed by atoms with Gasteiger partial charge in [0, 0.05) is 24.4 Å². The van der Waals surface area contributed by atoms with Gasteiger partial charge in [0.2, 0.25) is 0 Å². The number of aliphatic hydroxyl groups is 1. The number of hydrogen-bond acceptors (Lipinski definition) is 2. The smallest absolute Gasteiger partial charge is 0.0434 e. The van der Waals surface area contributed by atoms with Gasteiger partial charge in [-0.05, 0) is 57.6 Å². The second kappa shape index (κ2) is 4.93. The number of anilines is 1. The Morgan fingerprint density at radius 2 is 1.89 bits per heavy atom. The minimum atomic E-state index is 0.138. The second-order valence-electron chi connectivity index (χ2n) is 6.04. The first-order valence-corrected chi connectivity index (χ1v) is 6.93. The van der Waals surface area contributed by atoms with Crippen LogP contribution in [-0.2, 0) is 0 Å². The number of para-hydroxylation sites is 1. The molecule has 1 saturated heterocycles. The van der Waals surface area contributed by atoms with Gasteiger partial charge in [0.1, 0.15) is 0 Å². The van der Waals surface area contributed by atoms with Crippen LogP contribution in [0.2, 0.25) is 0 Å². The molecular weight excluding hydrogens is 222 g/mol. The first kappa shape index (κ1) is 13.4. The fourth-order valence-corrected chi connectivity index (χ4v) is 3.43. The van der Waals surface area contributed by atoms with Crippen molar-refractivity contribution in [1.82, 2.24) is 0 Å². The van der Waals surface area contributed by atoms with Gasteiger partial charge in [0.05, 0.1) is 0 Å². The standard InChI is InChI=1S/C16H25NO/c1-12-6-5-7-13(2)15(12)17-10-8-14(9-11-18)16(17,3)4/h5-7,14,18H,8-11H2,1-4H3. The van der Waals surface area contributed by atoms with E-state index >= 15 is 0 Å². The summed E-state index contributed by atoms with van der Waals surface area (Å²) in [7, 11) is 0. The summed E-state index contributed by atoms with van der Waals surface area (Å²) >= 11 is 0. The summed E-state index contributed by atoms with van der Waals surface area (Å²) in [6.07, 6.45) is 2.09. The van der Waals surface area contributed by atoms with Gasteiger partial charge in [-0.1, -0.05) is 18.2 Å². The van der Waals surface area contributed by atoms with Crippen LogP contribution >= 0.6 is 0 Å². The molecule has 18 heavy (non-hydrogen) atoms.